The number of hydrogen-bond donors (Lipinski definition) is 2. The molecule has 6 heteroatoms. The van der Waals surface area contributed by atoms with Gasteiger partial charge in [0.25, 0.3) is 0 Å². The first kappa shape index (κ1) is 17.1. The van der Waals surface area contributed by atoms with Gasteiger partial charge in [0.1, 0.15) is 18.1 Å². The lowest BCUT2D eigenvalue weighted by Gasteiger charge is -2.13. The van der Waals surface area contributed by atoms with E-state index in [2.05, 4.69) is 14.9 Å². The van der Waals surface area contributed by atoms with Crippen LogP contribution in [-0.2, 0) is 6.54 Å². The predicted molar refractivity (Wildman–Crippen MR) is 98.4 cm³/mol. The number of nitrogens with one attached hydrogen (secondary N) is 1. The molecule has 0 aliphatic heterocycles. The molecule has 1 heterocycles. The normalized spacial score (nSPS) is 12.1. The maximum atomic E-state index is 9.51. The molecule has 0 aliphatic rings. The highest BCUT2D eigenvalue weighted by molar-refractivity contribution is 5.78. The summed E-state index contributed by atoms with van der Waals surface area (Å²) in [4.78, 5) is 4.60. The molecule has 0 radical (unpaired) electrons. The number of methoxy groups -OCH3 is 1. The van der Waals surface area contributed by atoms with Crippen molar-refractivity contribution in [2.24, 2.45) is 0 Å². The van der Waals surface area contributed by atoms with Crippen LogP contribution >= 0.6 is 0 Å². The third-order valence-electron chi connectivity index (χ3n) is 3.85. The summed E-state index contributed by atoms with van der Waals surface area (Å²) in [5, 5.41) is 12.7. The van der Waals surface area contributed by atoms with E-state index in [0.29, 0.717) is 19.7 Å². The molecule has 1 aromatic heterocycles. The quantitative estimate of drug-likeness (QED) is 0.659. The highest BCUT2D eigenvalue weighted by Gasteiger charge is 2.10. The minimum Gasteiger partial charge on any atom is -0.497 e. The topological polar surface area (TPSA) is 68.5 Å². The van der Waals surface area contributed by atoms with E-state index in [1.165, 1.54) is 0 Å². The summed E-state index contributed by atoms with van der Waals surface area (Å²) in [6, 6.07) is 15.5. The van der Waals surface area contributed by atoms with Crippen LogP contribution in [0.25, 0.3) is 11.0 Å². The van der Waals surface area contributed by atoms with Crippen LogP contribution in [0.1, 0.15) is 6.92 Å². The molecule has 0 saturated carbocycles. The van der Waals surface area contributed by atoms with E-state index in [4.69, 9.17) is 9.47 Å². The molecule has 2 aromatic carbocycles. The second-order valence-corrected chi connectivity index (χ2v) is 5.83. The molecular weight excluding hydrogens is 318 g/mol. The van der Waals surface area contributed by atoms with Crippen molar-refractivity contribution in [3.8, 4) is 11.5 Å². The minimum atomic E-state index is -0.441. The molecule has 0 aliphatic carbocycles. The second kappa shape index (κ2) is 7.90. The van der Waals surface area contributed by atoms with E-state index in [-0.39, 0.29) is 0 Å². The van der Waals surface area contributed by atoms with Gasteiger partial charge in [-0.15, -0.1) is 0 Å². The molecule has 132 valence electrons. The molecular formula is C19H23N3O3. The maximum Gasteiger partial charge on any atom is 0.204 e. The molecule has 0 fully saturated rings. The number of benzene rings is 2. The highest BCUT2D eigenvalue weighted by atomic mass is 16.5. The van der Waals surface area contributed by atoms with E-state index in [9.17, 15) is 5.11 Å². The number of rotatable bonds is 8. The number of aromatic nitrogens is 2. The first-order valence-electron chi connectivity index (χ1n) is 8.31. The Kier molecular flexibility index (Phi) is 5.40. The molecule has 6 nitrogen and oxygen atoms in total. The Hall–Kier alpha value is -2.73. The summed E-state index contributed by atoms with van der Waals surface area (Å²) in [6.07, 6.45) is -0.441. The molecule has 3 aromatic rings. The monoisotopic (exact) mass is 341 g/mol. The highest BCUT2D eigenvalue weighted by Crippen LogP contribution is 2.20. The fourth-order valence-corrected chi connectivity index (χ4v) is 2.60. The van der Waals surface area contributed by atoms with E-state index < -0.39 is 6.10 Å². The fourth-order valence-electron chi connectivity index (χ4n) is 2.60. The molecule has 0 spiro atoms. The van der Waals surface area contributed by atoms with Gasteiger partial charge in [0.15, 0.2) is 0 Å². The van der Waals surface area contributed by atoms with Crippen molar-refractivity contribution in [1.29, 1.82) is 0 Å². The number of hydrogen-bond acceptors (Lipinski definition) is 5. The Labute approximate surface area is 147 Å². The van der Waals surface area contributed by atoms with Crippen LogP contribution in [0.5, 0.6) is 11.5 Å². The zero-order valence-electron chi connectivity index (χ0n) is 14.5. The van der Waals surface area contributed by atoms with Crippen LogP contribution in [0.4, 0.5) is 5.95 Å². The zero-order valence-corrected chi connectivity index (χ0v) is 14.5. The first-order chi connectivity index (χ1) is 12.2. The Morgan fingerprint density at radius 3 is 2.56 bits per heavy atom. The predicted octanol–water partition coefficient (Wildman–Crippen LogP) is 2.92. The number of aliphatic hydroxyl groups is 1. The average molecular weight is 341 g/mol. The van der Waals surface area contributed by atoms with Crippen molar-refractivity contribution in [1.82, 2.24) is 9.55 Å². The Bertz CT molecular complexity index is 812. The van der Waals surface area contributed by atoms with Gasteiger partial charge in [-0.1, -0.05) is 12.1 Å². The van der Waals surface area contributed by atoms with Crippen molar-refractivity contribution in [2.75, 3.05) is 25.6 Å². The largest absolute Gasteiger partial charge is 0.497 e. The summed E-state index contributed by atoms with van der Waals surface area (Å²) < 4.78 is 13.0. The molecule has 2 N–H and O–H groups in total. The Morgan fingerprint density at radius 2 is 1.84 bits per heavy atom. The van der Waals surface area contributed by atoms with E-state index in [0.717, 1.165) is 28.5 Å². The van der Waals surface area contributed by atoms with Gasteiger partial charge >= 0.3 is 0 Å². The zero-order chi connectivity index (χ0) is 17.6. The van der Waals surface area contributed by atoms with Crippen LogP contribution < -0.4 is 14.8 Å². The fraction of sp³-hybridized carbons (Fsp3) is 0.316. The third-order valence-corrected chi connectivity index (χ3v) is 3.85. The minimum absolute atomic E-state index is 0.441. The third kappa shape index (κ3) is 4.22. The summed E-state index contributed by atoms with van der Waals surface area (Å²) >= 11 is 0. The lowest BCUT2D eigenvalue weighted by molar-refractivity contribution is 0.208. The summed E-state index contributed by atoms with van der Waals surface area (Å²) in [6.45, 7) is 3.35. The molecule has 25 heavy (non-hydrogen) atoms. The van der Waals surface area contributed by atoms with Gasteiger partial charge in [-0.25, -0.2) is 4.98 Å². The number of aliphatic hydroxyl groups excluding tert-OH is 1. The van der Waals surface area contributed by atoms with Crippen LogP contribution in [0.3, 0.4) is 0 Å². The molecule has 1 atom stereocenters. The smallest absolute Gasteiger partial charge is 0.204 e. The van der Waals surface area contributed by atoms with Crippen molar-refractivity contribution in [3.05, 3.63) is 48.5 Å². The Balaban J connectivity index is 1.71. The SMILES string of the molecule is COc1ccc(OCCn2c(NCC(C)O)nc3ccccc32)cc1. The van der Waals surface area contributed by atoms with Gasteiger partial charge in [0.2, 0.25) is 5.95 Å². The molecule has 0 saturated heterocycles. The summed E-state index contributed by atoms with van der Waals surface area (Å²) in [5.41, 5.74) is 1.95. The van der Waals surface area contributed by atoms with Crippen molar-refractivity contribution in [2.45, 2.75) is 19.6 Å². The summed E-state index contributed by atoms with van der Waals surface area (Å²) in [7, 11) is 1.64. The standard InChI is InChI=1S/C19H23N3O3/c1-14(23)13-20-19-21-17-5-3-4-6-18(17)22(19)11-12-25-16-9-7-15(24-2)8-10-16/h3-10,14,23H,11-13H2,1-2H3,(H,20,21). The van der Waals surface area contributed by atoms with Gasteiger partial charge in [-0.3, -0.25) is 0 Å². The lowest BCUT2D eigenvalue weighted by Crippen LogP contribution is -2.19. The van der Waals surface area contributed by atoms with E-state index >= 15 is 0 Å². The Morgan fingerprint density at radius 1 is 1.12 bits per heavy atom. The molecule has 3 rings (SSSR count). The van der Waals surface area contributed by atoms with E-state index in [1.807, 2.05) is 48.5 Å². The number of nitrogens with zero attached hydrogens (tertiary/aromatic N) is 2. The average Bonchev–Trinajstić information content (AvgIpc) is 2.98. The number of ether oxygens (including phenoxy) is 2. The van der Waals surface area contributed by atoms with Gasteiger partial charge in [0.05, 0.1) is 30.8 Å². The summed E-state index contributed by atoms with van der Waals surface area (Å²) in [5.74, 6) is 2.33. The number of anilines is 1. The molecule has 0 amide bonds. The molecule has 0 bridgehead atoms. The number of para-hydroxylation sites is 2. The van der Waals surface area contributed by atoms with Crippen LogP contribution in [0.15, 0.2) is 48.5 Å². The van der Waals surface area contributed by atoms with Crippen LogP contribution in [-0.4, -0.2) is 41.0 Å². The van der Waals surface area contributed by atoms with Crippen molar-refractivity contribution >= 4 is 17.0 Å². The van der Waals surface area contributed by atoms with Crippen LogP contribution in [0, 0.1) is 0 Å². The van der Waals surface area contributed by atoms with Gasteiger partial charge in [-0.2, -0.15) is 0 Å². The van der Waals surface area contributed by atoms with Crippen molar-refractivity contribution < 1.29 is 14.6 Å². The van der Waals surface area contributed by atoms with Crippen LogP contribution in [0.2, 0.25) is 0 Å². The second-order valence-electron chi connectivity index (χ2n) is 5.83. The first-order valence-corrected chi connectivity index (χ1v) is 8.31. The van der Waals surface area contributed by atoms with Gasteiger partial charge < -0.3 is 24.5 Å². The maximum absolute atomic E-state index is 9.51. The molecule has 1 unspecified atom stereocenters. The van der Waals surface area contributed by atoms with Gasteiger partial charge in [0, 0.05) is 6.54 Å². The van der Waals surface area contributed by atoms with E-state index in [1.54, 1.807) is 14.0 Å². The number of imidazole rings is 1. The van der Waals surface area contributed by atoms with Gasteiger partial charge in [-0.05, 0) is 43.3 Å². The van der Waals surface area contributed by atoms with Crippen molar-refractivity contribution in [3.63, 3.8) is 0 Å². The number of fused-ring (bicyclic) bond motifs is 1. The lowest BCUT2D eigenvalue weighted by atomic mass is 10.3.